The lowest BCUT2D eigenvalue weighted by molar-refractivity contribution is -0.137. The zero-order valence-corrected chi connectivity index (χ0v) is 18.7. The minimum atomic E-state index is -4.55. The molecule has 184 valence electrons. The number of likely N-dealkylation sites (N-methyl/N-ethyl adjacent to an activating group) is 1. The van der Waals surface area contributed by atoms with Crippen LogP contribution < -0.4 is 20.9 Å². The average Bonchev–Trinajstić information content (AvgIpc) is 3.23. The van der Waals surface area contributed by atoms with Gasteiger partial charge in [-0.3, -0.25) is 4.79 Å². The Morgan fingerprint density at radius 3 is 2.56 bits per heavy atom. The van der Waals surface area contributed by atoms with Gasteiger partial charge in [0.25, 0.3) is 0 Å². The van der Waals surface area contributed by atoms with Crippen LogP contribution in [-0.2, 0) is 11.0 Å². The first-order valence-corrected chi connectivity index (χ1v) is 11.1. The summed E-state index contributed by atoms with van der Waals surface area (Å²) in [4.78, 5) is 22.6. The lowest BCUT2D eigenvalue weighted by atomic mass is 10.1. The Labute approximate surface area is 194 Å². The molecule has 1 aliphatic heterocycles. The summed E-state index contributed by atoms with van der Waals surface area (Å²) in [6.07, 6.45) is -0.638. The van der Waals surface area contributed by atoms with Gasteiger partial charge in [-0.2, -0.15) is 18.2 Å². The number of carbonyl (C=O) groups excluding carboxylic acids is 1. The second-order valence-corrected chi connectivity index (χ2v) is 8.61. The third kappa shape index (κ3) is 5.49. The van der Waals surface area contributed by atoms with Gasteiger partial charge in [-0.15, -0.1) is 0 Å². The number of piperazine rings is 1. The molecule has 0 unspecified atom stereocenters. The summed E-state index contributed by atoms with van der Waals surface area (Å²) < 4.78 is 55.9. The number of aromatic nitrogens is 2. The number of alkyl halides is 3. The van der Waals surface area contributed by atoms with Crippen molar-refractivity contribution in [1.82, 2.24) is 20.2 Å². The van der Waals surface area contributed by atoms with Crippen LogP contribution in [0, 0.1) is 5.82 Å². The molecule has 2 aliphatic rings. The molecule has 8 nitrogen and oxygen atoms in total. The molecular weight excluding hydrogens is 454 g/mol. The third-order valence-electron chi connectivity index (χ3n) is 6.27. The molecule has 1 amide bonds. The number of rotatable bonds is 7. The largest absolute Gasteiger partial charge is 0.418 e. The summed E-state index contributed by atoms with van der Waals surface area (Å²) in [7, 11) is 1.94. The smallest absolute Gasteiger partial charge is 0.368 e. The Balaban J connectivity index is 1.54. The number of nitrogens with zero attached hydrogens (tertiary/aromatic N) is 4. The predicted molar refractivity (Wildman–Crippen MR) is 121 cm³/mol. The molecule has 34 heavy (non-hydrogen) atoms. The van der Waals surface area contributed by atoms with E-state index < -0.39 is 17.6 Å². The normalized spacial score (nSPS) is 21.4. The minimum absolute atomic E-state index is 0.0396. The van der Waals surface area contributed by atoms with Crippen LogP contribution in [0.1, 0.15) is 24.8 Å². The highest BCUT2D eigenvalue weighted by atomic mass is 19.4. The quantitative estimate of drug-likeness (QED) is 0.414. The van der Waals surface area contributed by atoms with Crippen molar-refractivity contribution in [2.75, 3.05) is 48.8 Å². The van der Waals surface area contributed by atoms with Gasteiger partial charge in [0, 0.05) is 49.6 Å². The number of nitrogens with one attached hydrogen (secondary N) is 3. The molecule has 0 spiro atoms. The second kappa shape index (κ2) is 10.00. The van der Waals surface area contributed by atoms with Gasteiger partial charge in [0.1, 0.15) is 0 Å². The monoisotopic (exact) mass is 481 g/mol. The molecular formula is C22H27F4N7O. The maximum absolute atomic E-state index is 14.3. The molecule has 3 N–H and O–H groups in total. The van der Waals surface area contributed by atoms with Crippen molar-refractivity contribution in [1.29, 1.82) is 0 Å². The van der Waals surface area contributed by atoms with Crippen molar-refractivity contribution in [2.24, 2.45) is 0 Å². The van der Waals surface area contributed by atoms with Crippen LogP contribution in [0.5, 0.6) is 0 Å². The molecule has 1 saturated heterocycles. The van der Waals surface area contributed by atoms with Gasteiger partial charge in [0.2, 0.25) is 12.4 Å². The Kier molecular flexibility index (Phi) is 7.05. The summed E-state index contributed by atoms with van der Waals surface area (Å²) in [6, 6.07) is 3.63. The fourth-order valence-corrected chi connectivity index (χ4v) is 4.42. The Hall–Kier alpha value is -3.15. The van der Waals surface area contributed by atoms with E-state index in [0.717, 1.165) is 31.5 Å². The zero-order valence-electron chi connectivity index (χ0n) is 18.7. The van der Waals surface area contributed by atoms with Crippen LogP contribution in [0.3, 0.4) is 0 Å². The Morgan fingerprint density at radius 2 is 1.85 bits per heavy atom. The number of benzene rings is 1. The molecule has 2 aromatic rings. The maximum atomic E-state index is 14.3. The van der Waals surface area contributed by atoms with E-state index in [0.29, 0.717) is 32.6 Å². The summed E-state index contributed by atoms with van der Waals surface area (Å²) in [5, 5.41) is 8.44. The molecule has 1 saturated carbocycles. The number of anilines is 4. The number of halogens is 4. The fraction of sp³-hybridized carbons (Fsp3) is 0.500. The summed E-state index contributed by atoms with van der Waals surface area (Å²) in [5.41, 5.74) is -0.483. The van der Waals surface area contributed by atoms with Gasteiger partial charge in [-0.05, 0) is 44.5 Å². The van der Waals surface area contributed by atoms with Crippen LogP contribution >= 0.6 is 0 Å². The molecule has 0 radical (unpaired) electrons. The van der Waals surface area contributed by atoms with Crippen molar-refractivity contribution < 1.29 is 22.4 Å². The molecule has 2 fully saturated rings. The van der Waals surface area contributed by atoms with Gasteiger partial charge in [0.05, 0.1) is 11.8 Å². The van der Waals surface area contributed by atoms with E-state index >= 15 is 0 Å². The lowest BCUT2D eigenvalue weighted by Gasteiger charge is -2.35. The summed E-state index contributed by atoms with van der Waals surface area (Å²) in [5.74, 6) is -0.807. The van der Waals surface area contributed by atoms with E-state index in [9.17, 15) is 22.4 Å². The predicted octanol–water partition coefficient (Wildman–Crippen LogP) is 3.21. The zero-order chi connectivity index (χ0) is 24.3. The van der Waals surface area contributed by atoms with Crippen molar-refractivity contribution in [3.8, 4) is 0 Å². The first-order valence-electron chi connectivity index (χ1n) is 11.1. The highest BCUT2D eigenvalue weighted by Gasteiger charge is 2.36. The summed E-state index contributed by atoms with van der Waals surface area (Å²) >= 11 is 0. The second-order valence-electron chi connectivity index (χ2n) is 8.61. The first-order chi connectivity index (χ1) is 16.2. The van der Waals surface area contributed by atoms with Crippen molar-refractivity contribution in [2.45, 2.75) is 37.5 Å². The molecule has 1 aliphatic carbocycles. The van der Waals surface area contributed by atoms with Gasteiger partial charge >= 0.3 is 6.18 Å². The van der Waals surface area contributed by atoms with E-state index in [-0.39, 0.29) is 35.2 Å². The number of carbonyl (C=O) groups is 1. The molecule has 1 aromatic heterocycles. The van der Waals surface area contributed by atoms with Crippen LogP contribution in [0.25, 0.3) is 0 Å². The van der Waals surface area contributed by atoms with E-state index in [4.69, 9.17) is 0 Å². The number of amides is 1. The van der Waals surface area contributed by atoms with E-state index in [1.807, 2.05) is 7.05 Å². The first kappa shape index (κ1) is 24.0. The van der Waals surface area contributed by atoms with Crippen molar-refractivity contribution in [3.63, 3.8) is 0 Å². The topological polar surface area (TPSA) is 85.4 Å². The summed E-state index contributed by atoms with van der Waals surface area (Å²) in [6.45, 7) is 2.37. The standard InChI is InChI=1S/C22H27F4N7O/c1-32-7-9-33(10-8-32)19-6-5-14(11-15(19)22(24,25)26)29-21-27-12-16(23)20(31-21)30-18-4-2-3-17(18)28-13-34/h5-6,11-13,17-18H,2-4,7-10H2,1H3,(H,28,34)(H2,27,29,30,31)/t17-,18+/m0/s1. The average molecular weight is 481 g/mol. The van der Waals surface area contributed by atoms with Gasteiger partial charge in [0.15, 0.2) is 11.6 Å². The van der Waals surface area contributed by atoms with Crippen LogP contribution in [0.4, 0.5) is 40.7 Å². The van der Waals surface area contributed by atoms with Crippen molar-refractivity contribution >= 4 is 29.6 Å². The molecule has 4 rings (SSSR count). The number of hydrogen-bond donors (Lipinski definition) is 3. The van der Waals surface area contributed by atoms with Gasteiger partial charge in [-0.25, -0.2) is 9.37 Å². The minimum Gasteiger partial charge on any atom is -0.368 e. The molecule has 0 bridgehead atoms. The third-order valence-corrected chi connectivity index (χ3v) is 6.27. The Morgan fingerprint density at radius 1 is 1.12 bits per heavy atom. The molecule has 2 heterocycles. The Bertz CT molecular complexity index is 1010. The molecule has 2 atom stereocenters. The van der Waals surface area contributed by atoms with Crippen LogP contribution in [0.2, 0.25) is 0 Å². The van der Waals surface area contributed by atoms with Crippen LogP contribution in [0.15, 0.2) is 24.4 Å². The highest BCUT2D eigenvalue weighted by molar-refractivity contribution is 5.65. The van der Waals surface area contributed by atoms with Gasteiger partial charge in [-0.1, -0.05) is 0 Å². The van der Waals surface area contributed by atoms with Crippen LogP contribution in [-0.4, -0.2) is 66.6 Å². The van der Waals surface area contributed by atoms with E-state index in [1.54, 1.807) is 4.90 Å². The number of hydrogen-bond acceptors (Lipinski definition) is 7. The van der Waals surface area contributed by atoms with Gasteiger partial charge < -0.3 is 25.8 Å². The molecule has 12 heteroatoms. The highest BCUT2D eigenvalue weighted by Crippen LogP contribution is 2.39. The van der Waals surface area contributed by atoms with E-state index in [1.165, 1.54) is 12.1 Å². The fourth-order valence-electron chi connectivity index (χ4n) is 4.42. The molecule has 1 aromatic carbocycles. The van der Waals surface area contributed by atoms with Crippen molar-refractivity contribution in [3.05, 3.63) is 35.8 Å². The SMILES string of the molecule is CN1CCN(c2ccc(Nc3ncc(F)c(N[C@@H]4CCC[C@@H]4NC=O)n3)cc2C(F)(F)F)CC1. The lowest BCUT2D eigenvalue weighted by Crippen LogP contribution is -2.45. The maximum Gasteiger partial charge on any atom is 0.418 e. The van der Waals surface area contributed by atoms with E-state index in [2.05, 4.69) is 30.8 Å².